The second-order valence-electron chi connectivity index (χ2n) is 5.77. The van der Waals surface area contributed by atoms with E-state index in [1.165, 1.54) is 0 Å². The molecule has 0 aliphatic rings. The highest BCUT2D eigenvalue weighted by molar-refractivity contribution is 6.35. The molecule has 0 fully saturated rings. The summed E-state index contributed by atoms with van der Waals surface area (Å²) >= 11 is 6.14. The van der Waals surface area contributed by atoms with E-state index in [9.17, 15) is 4.79 Å². The average Bonchev–Trinajstić information content (AvgIpc) is 3.17. The van der Waals surface area contributed by atoms with Crippen LogP contribution in [-0.2, 0) is 24.8 Å². The minimum atomic E-state index is 0.0622. The quantitative estimate of drug-likeness (QED) is 0.669. The molecule has 0 saturated carbocycles. The van der Waals surface area contributed by atoms with Crippen molar-refractivity contribution < 1.29 is 4.79 Å². The maximum Gasteiger partial charge on any atom is 0.220 e. The van der Waals surface area contributed by atoms with Crippen LogP contribution in [0.15, 0.2) is 36.8 Å². The van der Waals surface area contributed by atoms with Crippen molar-refractivity contribution >= 4 is 28.4 Å². The first-order valence-corrected chi connectivity index (χ1v) is 8.35. The fraction of sp³-hybridized carbons (Fsp3) is 0.353. The third-order valence-electron chi connectivity index (χ3n) is 3.90. The Morgan fingerprint density at radius 3 is 2.96 bits per heavy atom. The normalized spacial score (nSPS) is 11.1. The van der Waals surface area contributed by atoms with Crippen molar-refractivity contribution in [2.45, 2.75) is 25.8 Å². The molecule has 0 bridgehead atoms. The van der Waals surface area contributed by atoms with Crippen LogP contribution >= 0.6 is 11.6 Å². The fourth-order valence-corrected chi connectivity index (χ4v) is 2.87. The number of hydrogen-bond acceptors (Lipinski definition) is 3. The van der Waals surface area contributed by atoms with Crippen LogP contribution in [0.4, 0.5) is 0 Å². The Bertz CT molecular complexity index is 838. The van der Waals surface area contributed by atoms with E-state index in [2.05, 4.69) is 15.5 Å². The molecule has 0 atom stereocenters. The number of aromatic nitrogens is 4. The van der Waals surface area contributed by atoms with Crippen LogP contribution in [0, 0.1) is 0 Å². The van der Waals surface area contributed by atoms with E-state index in [4.69, 9.17) is 11.6 Å². The summed E-state index contributed by atoms with van der Waals surface area (Å²) in [6.07, 6.45) is 7.52. The molecule has 0 aliphatic heterocycles. The number of hydrogen-bond donors (Lipinski definition) is 1. The Morgan fingerprint density at radius 2 is 2.17 bits per heavy atom. The summed E-state index contributed by atoms with van der Waals surface area (Å²) in [5, 5.41) is 13.1. The van der Waals surface area contributed by atoms with Crippen molar-refractivity contribution in [1.29, 1.82) is 0 Å². The first kappa shape index (κ1) is 16.5. The molecule has 0 unspecified atom stereocenters. The molecule has 24 heavy (non-hydrogen) atoms. The molecule has 0 spiro atoms. The molecular weight excluding hydrogens is 326 g/mol. The third kappa shape index (κ3) is 3.94. The average molecular weight is 346 g/mol. The third-order valence-corrected chi connectivity index (χ3v) is 4.23. The molecule has 0 saturated heterocycles. The van der Waals surface area contributed by atoms with Gasteiger partial charge in [-0.15, -0.1) is 0 Å². The molecule has 0 radical (unpaired) electrons. The first-order chi connectivity index (χ1) is 11.6. The summed E-state index contributed by atoms with van der Waals surface area (Å²) in [5.74, 6) is 0.0622. The van der Waals surface area contributed by atoms with Crippen LogP contribution < -0.4 is 5.32 Å². The van der Waals surface area contributed by atoms with E-state index in [1.807, 2.05) is 36.1 Å². The topological polar surface area (TPSA) is 64.7 Å². The zero-order chi connectivity index (χ0) is 16.9. The Morgan fingerprint density at radius 1 is 1.29 bits per heavy atom. The zero-order valence-corrected chi connectivity index (χ0v) is 14.3. The Labute approximate surface area is 145 Å². The summed E-state index contributed by atoms with van der Waals surface area (Å²) in [6.45, 7) is 1.38. The Kier molecular flexibility index (Phi) is 5.15. The molecule has 3 aromatic rings. The highest BCUT2D eigenvalue weighted by atomic mass is 35.5. The van der Waals surface area contributed by atoms with Gasteiger partial charge in [0.05, 0.1) is 22.9 Å². The molecule has 2 heterocycles. The van der Waals surface area contributed by atoms with Crippen LogP contribution in [0.5, 0.6) is 0 Å². The summed E-state index contributed by atoms with van der Waals surface area (Å²) in [6, 6.07) is 5.78. The fourth-order valence-electron chi connectivity index (χ4n) is 2.65. The minimum absolute atomic E-state index is 0.0622. The monoisotopic (exact) mass is 345 g/mol. The predicted octanol–water partition coefficient (Wildman–Crippen LogP) is 2.56. The maximum absolute atomic E-state index is 11.9. The lowest BCUT2D eigenvalue weighted by molar-refractivity contribution is -0.121. The number of rotatable bonds is 7. The lowest BCUT2D eigenvalue weighted by Crippen LogP contribution is -2.25. The molecule has 1 N–H and O–H groups in total. The summed E-state index contributed by atoms with van der Waals surface area (Å²) < 4.78 is 3.66. The highest BCUT2D eigenvalue weighted by Crippen LogP contribution is 2.22. The number of aryl methyl sites for hydroxylation is 3. The van der Waals surface area contributed by atoms with Crippen molar-refractivity contribution in [2.24, 2.45) is 7.05 Å². The second kappa shape index (κ2) is 7.49. The summed E-state index contributed by atoms with van der Waals surface area (Å²) in [7, 11) is 1.87. The van der Waals surface area contributed by atoms with Gasteiger partial charge in [0.25, 0.3) is 0 Å². The van der Waals surface area contributed by atoms with Gasteiger partial charge in [-0.05, 0) is 30.5 Å². The molecule has 7 heteroatoms. The Hall–Kier alpha value is -2.34. The first-order valence-electron chi connectivity index (χ1n) is 7.98. The maximum atomic E-state index is 11.9. The zero-order valence-electron chi connectivity index (χ0n) is 13.6. The molecule has 1 aromatic carbocycles. The molecule has 0 aliphatic carbocycles. The van der Waals surface area contributed by atoms with Gasteiger partial charge in [-0.1, -0.05) is 17.7 Å². The van der Waals surface area contributed by atoms with Gasteiger partial charge in [-0.3, -0.25) is 14.2 Å². The van der Waals surface area contributed by atoms with Crippen molar-refractivity contribution in [3.63, 3.8) is 0 Å². The van der Waals surface area contributed by atoms with Crippen LogP contribution in [0.2, 0.25) is 5.02 Å². The van der Waals surface area contributed by atoms with Gasteiger partial charge in [-0.25, -0.2) is 0 Å². The number of fused-ring (bicyclic) bond motifs is 1. The van der Waals surface area contributed by atoms with Crippen molar-refractivity contribution in [2.75, 3.05) is 6.54 Å². The van der Waals surface area contributed by atoms with Gasteiger partial charge in [0.1, 0.15) is 0 Å². The lowest BCUT2D eigenvalue weighted by atomic mass is 10.2. The number of benzene rings is 1. The SMILES string of the molecule is Cn1cc(CCC(=O)NCCCn2ncc3c(Cl)cccc32)cn1. The standard InChI is InChI=1S/C17H20ClN5O/c1-22-12-13(10-20-22)6-7-17(24)19-8-3-9-23-16-5-2-4-15(18)14(16)11-21-23/h2,4-5,10-12H,3,6-9H2,1H3,(H,19,24). The number of nitrogens with one attached hydrogen (secondary N) is 1. The van der Waals surface area contributed by atoms with Gasteiger partial charge in [0.15, 0.2) is 0 Å². The van der Waals surface area contributed by atoms with E-state index in [1.54, 1.807) is 17.1 Å². The number of nitrogens with zero attached hydrogens (tertiary/aromatic N) is 4. The smallest absolute Gasteiger partial charge is 0.220 e. The highest BCUT2D eigenvalue weighted by Gasteiger charge is 2.06. The van der Waals surface area contributed by atoms with E-state index in [-0.39, 0.29) is 5.91 Å². The number of carbonyl (C=O) groups is 1. The van der Waals surface area contributed by atoms with Crippen molar-refractivity contribution in [3.8, 4) is 0 Å². The molecular formula is C17H20ClN5O. The minimum Gasteiger partial charge on any atom is -0.356 e. The van der Waals surface area contributed by atoms with Gasteiger partial charge < -0.3 is 5.32 Å². The van der Waals surface area contributed by atoms with E-state index < -0.39 is 0 Å². The van der Waals surface area contributed by atoms with Gasteiger partial charge in [0, 0.05) is 38.1 Å². The molecule has 1 amide bonds. The van der Waals surface area contributed by atoms with Gasteiger partial charge in [0.2, 0.25) is 5.91 Å². The van der Waals surface area contributed by atoms with E-state index in [0.29, 0.717) is 24.4 Å². The Balaban J connectivity index is 1.41. The van der Waals surface area contributed by atoms with Crippen LogP contribution in [0.25, 0.3) is 10.9 Å². The summed E-state index contributed by atoms with van der Waals surface area (Å²) in [4.78, 5) is 11.9. The predicted molar refractivity (Wildman–Crippen MR) is 93.9 cm³/mol. The van der Waals surface area contributed by atoms with Crippen molar-refractivity contribution in [1.82, 2.24) is 24.9 Å². The number of halogens is 1. The second-order valence-corrected chi connectivity index (χ2v) is 6.17. The van der Waals surface area contributed by atoms with E-state index in [0.717, 1.165) is 29.4 Å². The van der Waals surface area contributed by atoms with Crippen molar-refractivity contribution in [3.05, 3.63) is 47.4 Å². The number of carbonyl (C=O) groups excluding carboxylic acids is 1. The van der Waals surface area contributed by atoms with E-state index >= 15 is 0 Å². The van der Waals surface area contributed by atoms with Crippen LogP contribution in [-0.4, -0.2) is 32.0 Å². The lowest BCUT2D eigenvalue weighted by Gasteiger charge is -2.06. The largest absolute Gasteiger partial charge is 0.356 e. The summed E-state index contributed by atoms with van der Waals surface area (Å²) in [5.41, 5.74) is 2.10. The molecule has 2 aromatic heterocycles. The number of amides is 1. The van der Waals surface area contributed by atoms with Gasteiger partial charge >= 0.3 is 0 Å². The van der Waals surface area contributed by atoms with Crippen LogP contribution in [0.3, 0.4) is 0 Å². The molecule has 3 rings (SSSR count). The molecule has 126 valence electrons. The van der Waals surface area contributed by atoms with Gasteiger partial charge in [-0.2, -0.15) is 10.2 Å². The molecule has 6 nitrogen and oxygen atoms in total. The van der Waals surface area contributed by atoms with Crippen LogP contribution in [0.1, 0.15) is 18.4 Å².